The van der Waals surface area contributed by atoms with E-state index in [1.54, 1.807) is 6.07 Å². The highest BCUT2D eigenvalue weighted by atomic mass is 79.9. The summed E-state index contributed by atoms with van der Waals surface area (Å²) >= 11 is 3.29. The van der Waals surface area contributed by atoms with Crippen molar-refractivity contribution in [1.29, 1.82) is 0 Å². The highest BCUT2D eigenvalue weighted by molar-refractivity contribution is 9.09. The van der Waals surface area contributed by atoms with Crippen LogP contribution in [-0.4, -0.2) is 73.8 Å². The average Bonchev–Trinajstić information content (AvgIpc) is 3.57. The van der Waals surface area contributed by atoms with E-state index in [0.717, 1.165) is 11.9 Å². The minimum Gasteiger partial charge on any atom is -0.473 e. The SMILES string of the molecule is CCOC(C)CBr.CCOC(C)COc1cc(C(C(=O)OC)C(C)C)on1.COC(=O)C(c1cc(=O)[nH]o1)C(C)C. The van der Waals surface area contributed by atoms with Gasteiger partial charge in [0.15, 0.2) is 11.5 Å². The lowest BCUT2D eigenvalue weighted by Gasteiger charge is -2.14. The van der Waals surface area contributed by atoms with Gasteiger partial charge in [0.1, 0.15) is 18.4 Å². The summed E-state index contributed by atoms with van der Waals surface area (Å²) in [6.07, 6.45) is 0.339. The van der Waals surface area contributed by atoms with Gasteiger partial charge in [-0.3, -0.25) is 14.4 Å². The predicted molar refractivity (Wildman–Crippen MR) is 156 cm³/mol. The Balaban J connectivity index is 0.000000659. The van der Waals surface area contributed by atoms with Gasteiger partial charge in [-0.2, -0.15) is 5.16 Å². The maximum absolute atomic E-state index is 11.7. The molecule has 4 unspecified atom stereocenters. The molecule has 0 fully saturated rings. The molecule has 2 aromatic heterocycles. The first-order valence-electron chi connectivity index (χ1n) is 13.6. The molecule has 41 heavy (non-hydrogen) atoms. The number of hydrogen-bond donors (Lipinski definition) is 1. The maximum atomic E-state index is 11.7. The van der Waals surface area contributed by atoms with E-state index in [1.165, 1.54) is 20.3 Å². The lowest BCUT2D eigenvalue weighted by atomic mass is 9.93. The summed E-state index contributed by atoms with van der Waals surface area (Å²) in [4.78, 5) is 33.9. The average molecular weight is 652 g/mol. The molecule has 4 atom stereocenters. The fourth-order valence-electron chi connectivity index (χ4n) is 3.49. The zero-order valence-electron chi connectivity index (χ0n) is 25.9. The molecule has 0 aliphatic carbocycles. The second-order valence-electron chi connectivity index (χ2n) is 9.67. The van der Waals surface area contributed by atoms with Crippen LogP contribution in [0.5, 0.6) is 5.88 Å². The number of hydrogen-bond acceptors (Lipinski definition) is 11. The molecule has 0 aliphatic heterocycles. The minimum absolute atomic E-state index is 0.0152. The van der Waals surface area contributed by atoms with Crippen LogP contribution in [0.4, 0.5) is 0 Å². The van der Waals surface area contributed by atoms with Crippen LogP contribution < -0.4 is 10.3 Å². The predicted octanol–water partition coefficient (Wildman–Crippen LogP) is 5.08. The molecule has 2 heterocycles. The molecule has 0 amide bonds. The number of carbonyl (C=O) groups excluding carboxylic acids is 2. The largest absolute Gasteiger partial charge is 0.473 e. The van der Waals surface area contributed by atoms with Crippen LogP contribution in [0.15, 0.2) is 26.0 Å². The first-order chi connectivity index (χ1) is 19.4. The maximum Gasteiger partial charge on any atom is 0.316 e. The first kappa shape index (κ1) is 38.4. The Labute approximate surface area is 250 Å². The third-order valence-corrected chi connectivity index (χ3v) is 6.40. The number of halogens is 1. The lowest BCUT2D eigenvalue weighted by molar-refractivity contribution is -0.145. The molecule has 12 nitrogen and oxygen atoms in total. The molecule has 2 aromatic rings. The van der Waals surface area contributed by atoms with E-state index in [4.69, 9.17) is 28.0 Å². The fourth-order valence-corrected chi connectivity index (χ4v) is 3.68. The van der Waals surface area contributed by atoms with E-state index < -0.39 is 17.8 Å². The zero-order chi connectivity index (χ0) is 31.5. The zero-order valence-corrected chi connectivity index (χ0v) is 27.4. The molecular formula is C28H47BrN2O10. The van der Waals surface area contributed by atoms with Crippen molar-refractivity contribution in [1.82, 2.24) is 10.3 Å². The topological polar surface area (TPSA) is 152 Å². The Bertz CT molecular complexity index is 1030. The summed E-state index contributed by atoms with van der Waals surface area (Å²) in [6, 6.07) is 2.89. The van der Waals surface area contributed by atoms with Gasteiger partial charge in [0.25, 0.3) is 11.4 Å². The summed E-state index contributed by atoms with van der Waals surface area (Å²) in [5.74, 6) is -0.572. The summed E-state index contributed by atoms with van der Waals surface area (Å²) in [5.41, 5.74) is -0.352. The molecule has 0 bridgehead atoms. The summed E-state index contributed by atoms with van der Waals surface area (Å²) < 4.78 is 35.4. The standard InChI is InChI=1S/C14H23NO5.C9H13NO4.C5H11BrO/c1-6-18-10(4)8-19-12-7-11(20-15-12)13(9(2)3)14(16)17-5;1-5(2)8(9(12)13-3)6-4-7(11)10-14-6;1-3-7-5(2)4-6/h7,9-10,13H,6,8H2,1-5H3;4-5,8H,1-3H3,(H,10,11);5H,3-4H2,1-2H3. The van der Waals surface area contributed by atoms with Gasteiger partial charge >= 0.3 is 11.9 Å². The van der Waals surface area contributed by atoms with Gasteiger partial charge in [-0.1, -0.05) is 43.6 Å². The molecule has 0 aromatic carbocycles. The van der Waals surface area contributed by atoms with Gasteiger partial charge in [0, 0.05) is 30.7 Å². The number of aromatic amines is 1. The first-order valence-corrected chi connectivity index (χ1v) is 14.7. The van der Waals surface area contributed by atoms with Crippen molar-refractivity contribution in [3.63, 3.8) is 0 Å². The van der Waals surface area contributed by atoms with Gasteiger partial charge in [-0.25, -0.2) is 0 Å². The Morgan fingerprint density at radius 2 is 1.39 bits per heavy atom. The van der Waals surface area contributed by atoms with Crippen LogP contribution in [0.3, 0.4) is 0 Å². The number of methoxy groups -OCH3 is 2. The number of aromatic nitrogens is 2. The number of rotatable bonds is 14. The van der Waals surface area contributed by atoms with E-state index in [0.29, 0.717) is 36.7 Å². The number of ether oxygens (including phenoxy) is 5. The third kappa shape index (κ3) is 14.7. The van der Waals surface area contributed by atoms with Crippen LogP contribution in [0, 0.1) is 11.8 Å². The Hall–Kier alpha value is -2.64. The molecule has 0 saturated heterocycles. The normalized spacial score (nSPS) is 13.7. The van der Waals surface area contributed by atoms with Crippen molar-refractivity contribution in [2.24, 2.45) is 11.8 Å². The highest BCUT2D eigenvalue weighted by Crippen LogP contribution is 2.28. The molecule has 0 aliphatic rings. The van der Waals surface area contributed by atoms with E-state index in [1.807, 2.05) is 55.4 Å². The molecule has 0 spiro atoms. The van der Waals surface area contributed by atoms with E-state index in [2.05, 4.69) is 31.0 Å². The van der Waals surface area contributed by atoms with Crippen LogP contribution in [0.25, 0.3) is 0 Å². The number of alkyl halides is 1. The summed E-state index contributed by atoms with van der Waals surface area (Å²) in [5, 5.41) is 6.88. The van der Waals surface area contributed by atoms with Crippen molar-refractivity contribution in [3.05, 3.63) is 34.0 Å². The van der Waals surface area contributed by atoms with Crippen molar-refractivity contribution in [3.8, 4) is 5.88 Å². The van der Waals surface area contributed by atoms with Gasteiger partial charge in [-0.05, 0) is 44.7 Å². The summed E-state index contributed by atoms with van der Waals surface area (Å²) in [7, 11) is 2.66. The van der Waals surface area contributed by atoms with E-state index in [9.17, 15) is 14.4 Å². The van der Waals surface area contributed by atoms with Gasteiger partial charge in [0.2, 0.25) is 0 Å². The van der Waals surface area contributed by atoms with Crippen molar-refractivity contribution in [2.75, 3.05) is 39.4 Å². The number of carbonyl (C=O) groups is 2. The van der Waals surface area contributed by atoms with Crippen LogP contribution >= 0.6 is 15.9 Å². The monoisotopic (exact) mass is 650 g/mol. The van der Waals surface area contributed by atoms with Crippen LogP contribution in [0.1, 0.15) is 78.7 Å². The molecular weight excluding hydrogens is 604 g/mol. The molecule has 0 saturated carbocycles. The van der Waals surface area contributed by atoms with Crippen molar-refractivity contribution >= 4 is 27.9 Å². The third-order valence-electron chi connectivity index (χ3n) is 5.49. The Morgan fingerprint density at radius 3 is 1.78 bits per heavy atom. The Morgan fingerprint density at radius 1 is 0.878 bits per heavy atom. The number of H-pyrrole nitrogens is 1. The number of esters is 2. The highest BCUT2D eigenvalue weighted by Gasteiger charge is 2.30. The van der Waals surface area contributed by atoms with Gasteiger partial charge in [0.05, 0.1) is 26.4 Å². The second kappa shape index (κ2) is 21.1. The van der Waals surface area contributed by atoms with Crippen LogP contribution in [-0.2, 0) is 28.5 Å². The Kier molecular flexibility index (Phi) is 19.8. The van der Waals surface area contributed by atoms with E-state index in [-0.39, 0.29) is 29.5 Å². The van der Waals surface area contributed by atoms with Crippen molar-refractivity contribution < 1.29 is 42.3 Å². The van der Waals surface area contributed by atoms with E-state index >= 15 is 0 Å². The van der Waals surface area contributed by atoms with Gasteiger partial charge in [-0.15, -0.1) is 0 Å². The number of nitrogens with one attached hydrogen (secondary N) is 1. The summed E-state index contributed by atoms with van der Waals surface area (Å²) in [6.45, 7) is 17.2. The molecule has 2 rings (SSSR count). The lowest BCUT2D eigenvalue weighted by Crippen LogP contribution is -2.19. The second-order valence-corrected chi connectivity index (χ2v) is 10.3. The smallest absolute Gasteiger partial charge is 0.316 e. The minimum atomic E-state index is -0.529. The van der Waals surface area contributed by atoms with Crippen LogP contribution in [0.2, 0.25) is 0 Å². The number of nitrogens with zero attached hydrogens (tertiary/aromatic N) is 1. The van der Waals surface area contributed by atoms with Gasteiger partial charge < -0.3 is 32.7 Å². The van der Waals surface area contributed by atoms with Crippen molar-refractivity contribution in [2.45, 2.75) is 79.4 Å². The quantitative estimate of drug-likeness (QED) is 0.215. The molecule has 1 N–H and O–H groups in total. The molecule has 236 valence electrons. The molecule has 0 radical (unpaired) electrons. The fraction of sp³-hybridized carbons (Fsp3) is 0.714. The molecule has 13 heteroatoms.